The van der Waals surface area contributed by atoms with Gasteiger partial charge in [0.15, 0.2) is 0 Å². The molecule has 3 N–H and O–H groups in total. The number of aromatic nitrogens is 2. The van der Waals surface area contributed by atoms with Crippen molar-refractivity contribution in [2.75, 3.05) is 6.61 Å². The fourth-order valence-corrected chi connectivity index (χ4v) is 1.87. The van der Waals surface area contributed by atoms with Crippen LogP contribution in [0, 0.1) is 0 Å². The van der Waals surface area contributed by atoms with Crippen molar-refractivity contribution in [2.45, 2.75) is 31.4 Å². The first-order valence-corrected chi connectivity index (χ1v) is 5.79. The Labute approximate surface area is 104 Å². The number of ether oxygens (including phenoxy) is 1. The average molecular weight is 253 g/mol. The first kappa shape index (κ1) is 12.6. The van der Waals surface area contributed by atoms with E-state index in [4.69, 9.17) is 9.84 Å². The third-order valence-corrected chi connectivity index (χ3v) is 2.82. The lowest BCUT2D eigenvalue weighted by molar-refractivity contribution is -0.143. The van der Waals surface area contributed by atoms with Gasteiger partial charge in [-0.05, 0) is 12.8 Å². The lowest BCUT2D eigenvalue weighted by Gasteiger charge is -2.16. The van der Waals surface area contributed by atoms with Crippen LogP contribution < -0.4 is 5.32 Å². The van der Waals surface area contributed by atoms with E-state index in [-0.39, 0.29) is 12.3 Å². The average Bonchev–Trinajstić information content (AvgIpc) is 3.00. The van der Waals surface area contributed by atoms with E-state index in [1.807, 2.05) is 0 Å². The summed E-state index contributed by atoms with van der Waals surface area (Å²) in [7, 11) is 0. The monoisotopic (exact) mass is 253 g/mol. The van der Waals surface area contributed by atoms with E-state index < -0.39 is 18.1 Å². The number of aliphatic carboxylic acids is 1. The Balaban J connectivity index is 1.93. The molecule has 1 aliphatic rings. The number of aromatic amines is 1. The number of amides is 1. The summed E-state index contributed by atoms with van der Waals surface area (Å²) in [5.41, 5.74) is 0.662. The molecule has 0 aromatic carbocycles. The molecule has 1 fully saturated rings. The summed E-state index contributed by atoms with van der Waals surface area (Å²) in [6.07, 6.45) is 4.13. The lowest BCUT2D eigenvalue weighted by atomic mass is 10.1. The normalized spacial score (nSPS) is 20.6. The van der Waals surface area contributed by atoms with E-state index >= 15 is 0 Å². The minimum Gasteiger partial charge on any atom is -0.480 e. The Morgan fingerprint density at radius 3 is 3.06 bits per heavy atom. The van der Waals surface area contributed by atoms with E-state index in [0.717, 1.165) is 6.42 Å². The van der Waals surface area contributed by atoms with Crippen LogP contribution in [0.3, 0.4) is 0 Å². The Hall–Kier alpha value is -1.89. The van der Waals surface area contributed by atoms with Crippen LogP contribution in [0.25, 0.3) is 0 Å². The van der Waals surface area contributed by atoms with Crippen LogP contribution in [-0.2, 0) is 20.7 Å². The van der Waals surface area contributed by atoms with Gasteiger partial charge in [0.05, 0.1) is 6.33 Å². The van der Waals surface area contributed by atoms with Crippen molar-refractivity contribution in [3.63, 3.8) is 0 Å². The number of nitrogens with one attached hydrogen (secondary N) is 2. The zero-order valence-electron chi connectivity index (χ0n) is 9.76. The zero-order valence-corrected chi connectivity index (χ0v) is 9.76. The quantitative estimate of drug-likeness (QED) is 0.668. The van der Waals surface area contributed by atoms with Crippen molar-refractivity contribution in [1.82, 2.24) is 15.3 Å². The summed E-state index contributed by atoms with van der Waals surface area (Å²) in [6, 6.07) is -0.970. The number of nitrogens with zero attached hydrogens (tertiary/aromatic N) is 1. The number of H-pyrrole nitrogens is 1. The van der Waals surface area contributed by atoms with Gasteiger partial charge in [0, 0.05) is 24.9 Å². The fraction of sp³-hybridized carbons (Fsp3) is 0.545. The first-order chi connectivity index (χ1) is 8.66. The summed E-state index contributed by atoms with van der Waals surface area (Å²) in [5, 5.41) is 11.6. The maximum absolute atomic E-state index is 11.8. The highest BCUT2D eigenvalue weighted by Gasteiger charge is 2.28. The van der Waals surface area contributed by atoms with Gasteiger partial charge in [-0.25, -0.2) is 9.78 Å². The van der Waals surface area contributed by atoms with Crippen molar-refractivity contribution in [3.05, 3.63) is 18.2 Å². The molecule has 0 bridgehead atoms. The molecule has 0 saturated carbocycles. The van der Waals surface area contributed by atoms with Crippen LogP contribution in [-0.4, -0.2) is 45.7 Å². The summed E-state index contributed by atoms with van der Waals surface area (Å²) >= 11 is 0. The van der Waals surface area contributed by atoms with Crippen molar-refractivity contribution >= 4 is 11.9 Å². The largest absolute Gasteiger partial charge is 0.480 e. The molecule has 1 amide bonds. The molecule has 7 heteroatoms. The number of hydrogen-bond acceptors (Lipinski definition) is 4. The van der Waals surface area contributed by atoms with Gasteiger partial charge in [0.25, 0.3) is 0 Å². The van der Waals surface area contributed by atoms with Crippen molar-refractivity contribution in [2.24, 2.45) is 0 Å². The number of carbonyl (C=O) groups is 2. The molecular formula is C11H15N3O4. The Morgan fingerprint density at radius 2 is 2.50 bits per heavy atom. The maximum atomic E-state index is 11.8. The predicted molar refractivity (Wildman–Crippen MR) is 60.8 cm³/mol. The van der Waals surface area contributed by atoms with Gasteiger partial charge in [-0.3, -0.25) is 4.79 Å². The zero-order chi connectivity index (χ0) is 13.0. The second kappa shape index (κ2) is 5.63. The molecule has 1 aromatic heterocycles. The molecule has 2 rings (SSSR count). The molecule has 98 valence electrons. The van der Waals surface area contributed by atoms with Crippen LogP contribution in [0.2, 0.25) is 0 Å². The summed E-state index contributed by atoms with van der Waals surface area (Å²) < 4.78 is 5.21. The lowest BCUT2D eigenvalue weighted by Crippen LogP contribution is -2.46. The van der Waals surface area contributed by atoms with Gasteiger partial charge in [-0.2, -0.15) is 0 Å². The van der Waals surface area contributed by atoms with Gasteiger partial charge in [0.1, 0.15) is 12.1 Å². The van der Waals surface area contributed by atoms with E-state index in [2.05, 4.69) is 15.3 Å². The molecule has 1 aliphatic heterocycles. The number of carboxylic acid groups (broad SMARTS) is 1. The molecule has 1 unspecified atom stereocenters. The van der Waals surface area contributed by atoms with Gasteiger partial charge in [-0.15, -0.1) is 0 Å². The molecule has 0 spiro atoms. The molecule has 0 radical (unpaired) electrons. The molecule has 0 aliphatic carbocycles. The topological polar surface area (TPSA) is 104 Å². The second-order valence-corrected chi connectivity index (χ2v) is 4.18. The highest BCUT2D eigenvalue weighted by Crippen LogP contribution is 2.12. The molecule has 7 nitrogen and oxygen atoms in total. The van der Waals surface area contributed by atoms with Crippen LogP contribution >= 0.6 is 0 Å². The first-order valence-electron chi connectivity index (χ1n) is 5.79. The highest BCUT2D eigenvalue weighted by atomic mass is 16.5. The smallest absolute Gasteiger partial charge is 0.326 e. The van der Waals surface area contributed by atoms with Gasteiger partial charge >= 0.3 is 5.97 Å². The summed E-state index contributed by atoms with van der Waals surface area (Å²) in [4.78, 5) is 29.5. The SMILES string of the molecule is O=C(N[C@H](Cc1cnc[nH]1)C(=O)O)C1CCCO1. The summed E-state index contributed by atoms with van der Waals surface area (Å²) in [6.45, 7) is 0.552. The van der Waals surface area contributed by atoms with E-state index in [1.54, 1.807) is 0 Å². The number of carboxylic acids is 1. The highest BCUT2D eigenvalue weighted by molar-refractivity contribution is 5.86. The van der Waals surface area contributed by atoms with Crippen LogP contribution in [0.1, 0.15) is 18.5 Å². The minimum absolute atomic E-state index is 0.174. The molecule has 1 aromatic rings. The van der Waals surface area contributed by atoms with Gasteiger partial charge in [0.2, 0.25) is 5.91 Å². The van der Waals surface area contributed by atoms with E-state index in [9.17, 15) is 9.59 Å². The molecule has 2 atom stereocenters. The third-order valence-electron chi connectivity index (χ3n) is 2.82. The Morgan fingerprint density at radius 1 is 1.67 bits per heavy atom. The van der Waals surface area contributed by atoms with Crippen molar-refractivity contribution in [1.29, 1.82) is 0 Å². The Kier molecular flexibility index (Phi) is 3.93. The predicted octanol–water partition coefficient (Wildman–Crippen LogP) is -0.299. The van der Waals surface area contributed by atoms with E-state index in [1.165, 1.54) is 12.5 Å². The van der Waals surface area contributed by atoms with Crippen LogP contribution in [0.5, 0.6) is 0 Å². The third kappa shape index (κ3) is 3.07. The number of rotatable bonds is 5. The van der Waals surface area contributed by atoms with Gasteiger partial charge in [-0.1, -0.05) is 0 Å². The number of hydrogen-bond donors (Lipinski definition) is 3. The molecule has 1 saturated heterocycles. The van der Waals surface area contributed by atoms with Crippen LogP contribution in [0.4, 0.5) is 0 Å². The van der Waals surface area contributed by atoms with Gasteiger partial charge < -0.3 is 20.1 Å². The minimum atomic E-state index is -1.07. The fourth-order valence-electron chi connectivity index (χ4n) is 1.87. The standard InChI is InChI=1S/C11H15N3O4/c15-10(9-2-1-3-18-9)14-8(11(16)17)4-7-5-12-6-13-7/h5-6,8-9H,1-4H2,(H,12,13)(H,14,15)(H,16,17)/t8-,9?/m1/s1. The van der Waals surface area contributed by atoms with Crippen molar-refractivity contribution < 1.29 is 19.4 Å². The van der Waals surface area contributed by atoms with Crippen molar-refractivity contribution in [3.8, 4) is 0 Å². The maximum Gasteiger partial charge on any atom is 0.326 e. The number of imidazole rings is 1. The molecule has 18 heavy (non-hydrogen) atoms. The second-order valence-electron chi connectivity index (χ2n) is 4.18. The molecule has 2 heterocycles. The number of carbonyl (C=O) groups excluding carboxylic acids is 1. The molecular weight excluding hydrogens is 238 g/mol. The summed E-state index contributed by atoms with van der Waals surface area (Å²) in [5.74, 6) is -1.43. The van der Waals surface area contributed by atoms with E-state index in [0.29, 0.717) is 18.7 Å². The van der Waals surface area contributed by atoms with Crippen LogP contribution in [0.15, 0.2) is 12.5 Å². The Bertz CT molecular complexity index is 412.